The topological polar surface area (TPSA) is 33.5 Å². The maximum atomic E-state index is 8.92. The summed E-state index contributed by atoms with van der Waals surface area (Å²) in [6, 6.07) is 1.42. The molecule has 2 aliphatic heterocycles. The van der Waals surface area contributed by atoms with Gasteiger partial charge in [-0.3, -0.25) is 9.80 Å². The lowest BCUT2D eigenvalue weighted by molar-refractivity contribution is 0.0557. The summed E-state index contributed by atoms with van der Waals surface area (Å²) in [5.41, 5.74) is 0. The normalized spacial score (nSPS) is 29.9. The molecule has 2 heterocycles. The molecule has 0 aromatic heterocycles. The highest BCUT2D eigenvalue weighted by atomic mass is 15.3. The molecule has 0 spiro atoms. The monoisotopic (exact) mass is 236 g/mol. The van der Waals surface area contributed by atoms with Gasteiger partial charge in [0.1, 0.15) is 0 Å². The minimum absolute atomic E-state index is 0.641. The number of nitrogens with zero attached hydrogens (tertiary/aromatic N) is 4. The molecule has 0 saturated carbocycles. The molecule has 2 aliphatic rings. The highest BCUT2D eigenvalue weighted by molar-refractivity contribution is 4.91. The van der Waals surface area contributed by atoms with Gasteiger partial charge in [0, 0.05) is 44.8 Å². The first-order valence-electron chi connectivity index (χ1n) is 6.87. The van der Waals surface area contributed by atoms with Crippen LogP contribution in [0.2, 0.25) is 0 Å². The van der Waals surface area contributed by atoms with Gasteiger partial charge in [0.15, 0.2) is 6.19 Å². The van der Waals surface area contributed by atoms with Crippen molar-refractivity contribution in [2.45, 2.75) is 38.8 Å². The van der Waals surface area contributed by atoms with Crippen LogP contribution in [0, 0.1) is 11.5 Å². The SMILES string of the molecule is CCN(C#N)CCN1CC2CCCN2CC1C. The summed E-state index contributed by atoms with van der Waals surface area (Å²) in [7, 11) is 0. The van der Waals surface area contributed by atoms with Crippen molar-refractivity contribution >= 4 is 0 Å². The molecule has 2 unspecified atom stereocenters. The summed E-state index contributed by atoms with van der Waals surface area (Å²) < 4.78 is 0. The standard InChI is InChI=1S/C13H24N4/c1-3-15(11-14)7-8-16-10-13-5-4-6-17(13)9-12(16)2/h12-13H,3-10H2,1-2H3. The van der Waals surface area contributed by atoms with E-state index < -0.39 is 0 Å². The van der Waals surface area contributed by atoms with Crippen molar-refractivity contribution in [2.24, 2.45) is 0 Å². The van der Waals surface area contributed by atoms with Gasteiger partial charge < -0.3 is 4.90 Å². The number of hydrogen-bond acceptors (Lipinski definition) is 4. The molecule has 0 radical (unpaired) electrons. The van der Waals surface area contributed by atoms with E-state index in [0.717, 1.165) is 25.7 Å². The summed E-state index contributed by atoms with van der Waals surface area (Å²) in [5, 5.41) is 8.92. The first-order chi connectivity index (χ1) is 8.24. The number of fused-ring (bicyclic) bond motifs is 1. The molecule has 17 heavy (non-hydrogen) atoms. The van der Waals surface area contributed by atoms with Crippen LogP contribution in [0.4, 0.5) is 0 Å². The number of likely N-dealkylation sites (N-methyl/N-ethyl adjacent to an activating group) is 1. The molecular weight excluding hydrogens is 212 g/mol. The minimum atomic E-state index is 0.641. The third-order valence-corrected chi connectivity index (χ3v) is 4.25. The van der Waals surface area contributed by atoms with E-state index in [2.05, 4.69) is 22.9 Å². The molecule has 2 rings (SSSR count). The Morgan fingerprint density at radius 3 is 2.94 bits per heavy atom. The smallest absolute Gasteiger partial charge is 0.179 e. The molecule has 0 aromatic carbocycles. The second-order valence-corrected chi connectivity index (χ2v) is 5.31. The van der Waals surface area contributed by atoms with Gasteiger partial charge in [0.2, 0.25) is 0 Å². The fourth-order valence-corrected chi connectivity index (χ4v) is 3.09. The van der Waals surface area contributed by atoms with Gasteiger partial charge in [-0.1, -0.05) is 0 Å². The van der Waals surface area contributed by atoms with Crippen LogP contribution in [-0.2, 0) is 0 Å². The van der Waals surface area contributed by atoms with Crippen molar-refractivity contribution in [3.05, 3.63) is 0 Å². The van der Waals surface area contributed by atoms with Crippen LogP contribution in [0.3, 0.4) is 0 Å². The predicted octanol–water partition coefficient (Wildman–Crippen LogP) is 0.958. The summed E-state index contributed by atoms with van der Waals surface area (Å²) in [4.78, 5) is 7.04. The van der Waals surface area contributed by atoms with Crippen molar-refractivity contribution < 1.29 is 0 Å². The lowest BCUT2D eigenvalue weighted by Gasteiger charge is -2.42. The summed E-state index contributed by atoms with van der Waals surface area (Å²) >= 11 is 0. The fraction of sp³-hybridized carbons (Fsp3) is 0.923. The lowest BCUT2D eigenvalue weighted by atomic mass is 10.1. The van der Waals surface area contributed by atoms with Gasteiger partial charge in [0.25, 0.3) is 0 Å². The first-order valence-corrected chi connectivity index (χ1v) is 6.87. The number of hydrogen-bond donors (Lipinski definition) is 0. The van der Waals surface area contributed by atoms with E-state index in [4.69, 9.17) is 5.26 Å². The zero-order valence-electron chi connectivity index (χ0n) is 11.1. The average Bonchev–Trinajstić information content (AvgIpc) is 2.77. The Balaban J connectivity index is 1.82. The fourth-order valence-electron chi connectivity index (χ4n) is 3.09. The molecule has 4 nitrogen and oxygen atoms in total. The Morgan fingerprint density at radius 1 is 1.41 bits per heavy atom. The van der Waals surface area contributed by atoms with Gasteiger partial charge in [-0.2, -0.15) is 5.26 Å². The third kappa shape index (κ3) is 2.91. The molecule has 2 saturated heterocycles. The van der Waals surface area contributed by atoms with Crippen molar-refractivity contribution in [2.75, 3.05) is 39.3 Å². The zero-order valence-corrected chi connectivity index (χ0v) is 11.1. The summed E-state index contributed by atoms with van der Waals surface area (Å²) in [5.74, 6) is 0. The lowest BCUT2D eigenvalue weighted by Crippen LogP contribution is -2.56. The van der Waals surface area contributed by atoms with Crippen molar-refractivity contribution in [1.82, 2.24) is 14.7 Å². The Morgan fingerprint density at radius 2 is 2.24 bits per heavy atom. The number of rotatable bonds is 4. The zero-order chi connectivity index (χ0) is 12.3. The molecule has 0 amide bonds. The molecule has 0 N–H and O–H groups in total. The largest absolute Gasteiger partial charge is 0.310 e. The van der Waals surface area contributed by atoms with Gasteiger partial charge in [-0.25, -0.2) is 0 Å². The van der Waals surface area contributed by atoms with Crippen molar-refractivity contribution in [3.63, 3.8) is 0 Å². The van der Waals surface area contributed by atoms with Crippen LogP contribution < -0.4 is 0 Å². The quantitative estimate of drug-likeness (QED) is 0.538. The van der Waals surface area contributed by atoms with Crippen molar-refractivity contribution in [3.8, 4) is 6.19 Å². The predicted molar refractivity (Wildman–Crippen MR) is 68.5 cm³/mol. The maximum absolute atomic E-state index is 8.92. The average molecular weight is 236 g/mol. The molecule has 0 aliphatic carbocycles. The van der Waals surface area contributed by atoms with Crippen LogP contribution in [0.5, 0.6) is 0 Å². The Labute approximate surface area is 105 Å². The molecule has 2 fully saturated rings. The van der Waals surface area contributed by atoms with Crippen LogP contribution in [-0.4, -0.2) is 66.1 Å². The molecule has 4 heteroatoms. The number of piperazine rings is 1. The first kappa shape index (κ1) is 12.7. The highest BCUT2D eigenvalue weighted by Crippen LogP contribution is 2.24. The molecular formula is C13H24N4. The second kappa shape index (κ2) is 5.70. The van der Waals surface area contributed by atoms with E-state index in [-0.39, 0.29) is 0 Å². The van der Waals surface area contributed by atoms with E-state index in [9.17, 15) is 0 Å². The highest BCUT2D eigenvalue weighted by Gasteiger charge is 2.33. The number of nitriles is 1. The third-order valence-electron chi connectivity index (χ3n) is 4.25. The van der Waals surface area contributed by atoms with Gasteiger partial charge in [-0.15, -0.1) is 0 Å². The van der Waals surface area contributed by atoms with Crippen molar-refractivity contribution in [1.29, 1.82) is 5.26 Å². The Kier molecular flexibility index (Phi) is 4.25. The molecule has 0 aromatic rings. The van der Waals surface area contributed by atoms with Crippen LogP contribution in [0.15, 0.2) is 0 Å². The summed E-state index contributed by atoms with van der Waals surface area (Å²) in [6.07, 6.45) is 4.97. The van der Waals surface area contributed by atoms with E-state index in [0.29, 0.717) is 6.04 Å². The van der Waals surface area contributed by atoms with E-state index in [1.807, 2.05) is 11.8 Å². The minimum Gasteiger partial charge on any atom is -0.310 e. The van der Waals surface area contributed by atoms with E-state index in [1.54, 1.807) is 0 Å². The van der Waals surface area contributed by atoms with Crippen LogP contribution >= 0.6 is 0 Å². The maximum Gasteiger partial charge on any atom is 0.179 e. The molecule has 2 atom stereocenters. The Hall–Kier alpha value is -0.790. The van der Waals surface area contributed by atoms with Gasteiger partial charge >= 0.3 is 0 Å². The van der Waals surface area contributed by atoms with E-state index in [1.165, 1.54) is 32.5 Å². The molecule has 96 valence electrons. The van der Waals surface area contributed by atoms with E-state index >= 15 is 0 Å². The van der Waals surface area contributed by atoms with Gasteiger partial charge in [-0.05, 0) is 33.2 Å². The Bertz CT molecular complexity index is 286. The van der Waals surface area contributed by atoms with Gasteiger partial charge in [0.05, 0.1) is 0 Å². The summed E-state index contributed by atoms with van der Waals surface area (Å²) in [6.45, 7) is 10.8. The second-order valence-electron chi connectivity index (χ2n) is 5.31. The molecule has 0 bridgehead atoms. The van der Waals surface area contributed by atoms with Crippen LogP contribution in [0.25, 0.3) is 0 Å². The van der Waals surface area contributed by atoms with Crippen LogP contribution in [0.1, 0.15) is 26.7 Å².